The van der Waals surface area contributed by atoms with Gasteiger partial charge in [-0.3, -0.25) is 4.90 Å². The zero-order chi connectivity index (χ0) is 19.5. The first kappa shape index (κ1) is 25.4. The van der Waals surface area contributed by atoms with Crippen molar-refractivity contribution in [3.05, 3.63) is 35.9 Å². The number of likely N-dealkylation sites (tertiary alicyclic amines) is 2. The van der Waals surface area contributed by atoms with Gasteiger partial charge in [0.1, 0.15) is 6.61 Å². The van der Waals surface area contributed by atoms with Gasteiger partial charge in [0.15, 0.2) is 0 Å². The van der Waals surface area contributed by atoms with E-state index in [1.54, 1.807) is 7.11 Å². The van der Waals surface area contributed by atoms with Crippen molar-refractivity contribution >= 4 is 6.09 Å². The molecule has 1 amide bonds. The van der Waals surface area contributed by atoms with Crippen molar-refractivity contribution in [2.75, 3.05) is 47.0 Å². The van der Waals surface area contributed by atoms with Gasteiger partial charge in [-0.15, -0.1) is 0 Å². The summed E-state index contributed by atoms with van der Waals surface area (Å²) >= 11 is 0. The largest absolute Gasteiger partial charge is 1.00 e. The predicted molar refractivity (Wildman–Crippen MR) is 103 cm³/mol. The molecule has 28 heavy (non-hydrogen) atoms. The third kappa shape index (κ3) is 8.01. The molecule has 1 aromatic rings. The minimum atomic E-state index is -0.182. The van der Waals surface area contributed by atoms with Crippen LogP contribution in [0, 0.1) is 5.92 Å². The molecule has 2 heterocycles. The van der Waals surface area contributed by atoms with Crippen LogP contribution in [0.2, 0.25) is 0 Å². The number of hydrogen-bond donors (Lipinski definition) is 0. The maximum Gasteiger partial charge on any atom is 1.00 e. The minimum absolute atomic E-state index is 0. The van der Waals surface area contributed by atoms with Crippen LogP contribution in [0.25, 0.3) is 0 Å². The van der Waals surface area contributed by atoms with Gasteiger partial charge in [-0.2, -0.15) is 7.11 Å². The summed E-state index contributed by atoms with van der Waals surface area (Å²) in [4.78, 5) is 16.7. The molecular formula is C21H33N2NaO4. The predicted octanol–water partition coefficient (Wildman–Crippen LogP) is -0.873. The Morgan fingerprint density at radius 2 is 1.79 bits per heavy atom. The summed E-state index contributed by atoms with van der Waals surface area (Å²) in [6, 6.07) is 10.4. The van der Waals surface area contributed by atoms with E-state index in [1.807, 2.05) is 35.2 Å². The first-order valence-electron chi connectivity index (χ1n) is 9.85. The Labute approximate surface area is 191 Å². The summed E-state index contributed by atoms with van der Waals surface area (Å²) in [7, 11) is 2.54. The van der Waals surface area contributed by atoms with E-state index in [4.69, 9.17) is 14.6 Å². The van der Waals surface area contributed by atoms with E-state index in [2.05, 4.69) is 4.90 Å². The van der Waals surface area contributed by atoms with E-state index in [1.165, 1.54) is 19.4 Å². The zero-order valence-corrected chi connectivity index (χ0v) is 19.6. The van der Waals surface area contributed by atoms with Crippen LogP contribution >= 0.6 is 0 Å². The number of nitrogens with zero attached hydrogens (tertiary/aromatic N) is 2. The molecule has 3 rings (SSSR count). The number of amides is 1. The first-order valence-corrected chi connectivity index (χ1v) is 9.85. The molecule has 0 bridgehead atoms. The fraction of sp³-hybridized carbons (Fsp3) is 0.667. The van der Waals surface area contributed by atoms with Crippen LogP contribution in [0.3, 0.4) is 0 Å². The number of carbonyl (C=O) groups is 1. The standard InChI is InChI=1S/C20H30N2O3.CH3O.Na/c1-24-15-18-8-5-11-22(14-18)19-9-12-21(13-10-19)20(23)25-16-17-6-3-2-4-7-17;1-2;/h2-4,6-7,18-19H,5,8-16H2,1H3;1H3;/q;-1;+1/t18-;;/m1../s1. The van der Waals surface area contributed by atoms with Gasteiger partial charge in [0.25, 0.3) is 0 Å². The molecule has 0 N–H and O–H groups in total. The van der Waals surface area contributed by atoms with Crippen LogP contribution in [0.1, 0.15) is 31.2 Å². The number of ether oxygens (including phenoxy) is 2. The Balaban J connectivity index is 0.00000127. The smallest absolute Gasteiger partial charge is 0.857 e. The molecule has 0 radical (unpaired) electrons. The Bertz CT molecular complexity index is 536. The minimum Gasteiger partial charge on any atom is -0.857 e. The van der Waals surface area contributed by atoms with Gasteiger partial charge in [-0.05, 0) is 43.7 Å². The number of piperidine rings is 2. The van der Waals surface area contributed by atoms with E-state index in [9.17, 15) is 4.79 Å². The van der Waals surface area contributed by atoms with Gasteiger partial charge in [-0.25, -0.2) is 4.79 Å². The summed E-state index contributed by atoms with van der Waals surface area (Å²) in [6.45, 7) is 5.12. The van der Waals surface area contributed by atoms with Crippen LogP contribution in [-0.2, 0) is 16.1 Å². The summed E-state index contributed by atoms with van der Waals surface area (Å²) in [5, 5.41) is 8.25. The average Bonchev–Trinajstić information content (AvgIpc) is 2.75. The third-order valence-corrected chi connectivity index (χ3v) is 5.40. The molecule has 2 saturated heterocycles. The second-order valence-corrected chi connectivity index (χ2v) is 7.22. The first-order chi connectivity index (χ1) is 13.3. The van der Waals surface area contributed by atoms with Crippen LogP contribution in [0.15, 0.2) is 30.3 Å². The van der Waals surface area contributed by atoms with E-state index < -0.39 is 0 Å². The van der Waals surface area contributed by atoms with Crippen LogP contribution in [-0.4, -0.2) is 68.9 Å². The molecule has 152 valence electrons. The van der Waals surface area contributed by atoms with Gasteiger partial charge in [0, 0.05) is 32.8 Å². The molecule has 7 heteroatoms. The monoisotopic (exact) mass is 400 g/mol. The van der Waals surface area contributed by atoms with Crippen LogP contribution < -0.4 is 34.7 Å². The fourth-order valence-electron chi connectivity index (χ4n) is 4.02. The molecule has 0 saturated carbocycles. The molecule has 1 atom stereocenters. The molecule has 0 unspecified atom stereocenters. The molecule has 2 fully saturated rings. The van der Waals surface area contributed by atoms with Gasteiger partial charge < -0.3 is 19.5 Å². The van der Waals surface area contributed by atoms with Gasteiger partial charge in [-0.1, -0.05) is 30.3 Å². The van der Waals surface area contributed by atoms with Crippen LogP contribution in [0.5, 0.6) is 0 Å². The number of benzene rings is 1. The summed E-state index contributed by atoms with van der Waals surface area (Å²) in [5.74, 6) is 0.660. The molecule has 0 aliphatic carbocycles. The second kappa shape index (κ2) is 14.4. The summed E-state index contributed by atoms with van der Waals surface area (Å²) in [5.41, 5.74) is 1.03. The van der Waals surface area contributed by atoms with Crippen molar-refractivity contribution in [3.8, 4) is 0 Å². The molecule has 0 aromatic heterocycles. The van der Waals surface area contributed by atoms with Gasteiger partial charge >= 0.3 is 35.7 Å². The Hall–Kier alpha value is -0.630. The van der Waals surface area contributed by atoms with Crippen molar-refractivity contribution in [2.45, 2.75) is 38.3 Å². The second-order valence-electron chi connectivity index (χ2n) is 7.22. The molecule has 6 nitrogen and oxygen atoms in total. The van der Waals surface area contributed by atoms with Crippen molar-refractivity contribution in [1.29, 1.82) is 0 Å². The molecule has 2 aliphatic heterocycles. The van der Waals surface area contributed by atoms with E-state index in [-0.39, 0.29) is 35.7 Å². The Morgan fingerprint density at radius 1 is 1.11 bits per heavy atom. The van der Waals surface area contributed by atoms with Crippen molar-refractivity contribution < 1.29 is 48.9 Å². The van der Waals surface area contributed by atoms with Crippen molar-refractivity contribution in [3.63, 3.8) is 0 Å². The Morgan fingerprint density at radius 3 is 2.43 bits per heavy atom. The summed E-state index contributed by atoms with van der Waals surface area (Å²) in [6.07, 6.45) is 4.43. The maximum absolute atomic E-state index is 12.3. The molecule has 1 aromatic carbocycles. The van der Waals surface area contributed by atoms with Crippen LogP contribution in [0.4, 0.5) is 4.79 Å². The third-order valence-electron chi connectivity index (χ3n) is 5.40. The number of carbonyl (C=O) groups excluding carboxylic acids is 1. The fourth-order valence-corrected chi connectivity index (χ4v) is 4.02. The zero-order valence-electron chi connectivity index (χ0n) is 17.6. The number of methoxy groups -OCH3 is 1. The van der Waals surface area contributed by atoms with E-state index >= 15 is 0 Å². The maximum atomic E-state index is 12.3. The topological polar surface area (TPSA) is 65.1 Å². The SMILES string of the molecule is COC[C@@H]1CCCN(C2CCN(C(=O)OCc3ccccc3)CC2)C1.C[O-].[Na+]. The Kier molecular flexibility index (Phi) is 13.0. The average molecular weight is 400 g/mol. The van der Waals surface area contributed by atoms with Crippen molar-refractivity contribution in [1.82, 2.24) is 9.80 Å². The number of rotatable bonds is 5. The van der Waals surface area contributed by atoms with Gasteiger partial charge in [0.05, 0.1) is 6.61 Å². The quantitative estimate of drug-likeness (QED) is 0.601. The van der Waals surface area contributed by atoms with Crippen molar-refractivity contribution in [2.24, 2.45) is 5.92 Å². The van der Waals surface area contributed by atoms with Gasteiger partial charge in [0.2, 0.25) is 0 Å². The van der Waals surface area contributed by atoms with E-state index in [0.29, 0.717) is 18.6 Å². The van der Waals surface area contributed by atoms with E-state index in [0.717, 1.165) is 51.8 Å². The number of hydrogen-bond acceptors (Lipinski definition) is 5. The molecule has 0 spiro atoms. The summed E-state index contributed by atoms with van der Waals surface area (Å²) < 4.78 is 10.8. The normalized spacial score (nSPS) is 20.5. The molecular weight excluding hydrogens is 367 g/mol. The molecule has 2 aliphatic rings.